The molecular weight excluding hydrogens is 352 g/mol. The van der Waals surface area contributed by atoms with Crippen LogP contribution in [-0.4, -0.2) is 65.8 Å². The fraction of sp³-hybridized carbons (Fsp3) is 0.364. The van der Waals surface area contributed by atoms with Gasteiger partial charge in [0.15, 0.2) is 0 Å². The summed E-state index contributed by atoms with van der Waals surface area (Å²) in [7, 11) is 0. The molecule has 6 nitrogen and oxygen atoms in total. The minimum atomic E-state index is 0.247. The van der Waals surface area contributed by atoms with E-state index in [4.69, 9.17) is 5.73 Å². The van der Waals surface area contributed by atoms with Gasteiger partial charge in [-0.15, -0.1) is 0 Å². The zero-order valence-corrected chi connectivity index (χ0v) is 16.7. The van der Waals surface area contributed by atoms with Crippen molar-refractivity contribution in [2.75, 3.05) is 39.3 Å². The largest absolute Gasteiger partial charge is 0.507 e. The van der Waals surface area contributed by atoms with E-state index in [2.05, 4.69) is 14.9 Å². The molecule has 0 aromatic heterocycles. The van der Waals surface area contributed by atoms with E-state index in [9.17, 15) is 10.2 Å². The van der Waals surface area contributed by atoms with Crippen molar-refractivity contribution in [3.8, 4) is 11.5 Å². The molecule has 0 amide bonds. The predicted molar refractivity (Wildman–Crippen MR) is 116 cm³/mol. The third-order valence-corrected chi connectivity index (χ3v) is 4.56. The molecule has 4 N–H and O–H groups in total. The quantitative estimate of drug-likeness (QED) is 0.551. The first-order valence-electron chi connectivity index (χ1n) is 9.54. The van der Waals surface area contributed by atoms with Crippen molar-refractivity contribution in [3.05, 3.63) is 59.7 Å². The second-order valence-corrected chi connectivity index (χ2v) is 6.60. The lowest BCUT2D eigenvalue weighted by molar-refractivity contribution is 0.297. The van der Waals surface area contributed by atoms with Crippen LogP contribution < -0.4 is 5.73 Å². The van der Waals surface area contributed by atoms with E-state index in [1.54, 1.807) is 24.3 Å². The van der Waals surface area contributed by atoms with Gasteiger partial charge in [0.25, 0.3) is 0 Å². The Hall–Kier alpha value is -2.70. The third-order valence-electron chi connectivity index (χ3n) is 4.56. The van der Waals surface area contributed by atoms with E-state index in [1.807, 2.05) is 38.1 Å². The molecule has 0 fully saturated rings. The lowest BCUT2D eigenvalue weighted by Crippen LogP contribution is -2.34. The zero-order chi connectivity index (χ0) is 20.4. The lowest BCUT2D eigenvalue weighted by atomic mass is 10.1. The van der Waals surface area contributed by atoms with Crippen LogP contribution in [0.4, 0.5) is 0 Å². The van der Waals surface area contributed by atoms with Crippen LogP contribution in [0.15, 0.2) is 58.5 Å². The molecule has 0 saturated carbocycles. The van der Waals surface area contributed by atoms with Gasteiger partial charge >= 0.3 is 0 Å². The highest BCUT2D eigenvalue weighted by Gasteiger charge is 2.06. The molecule has 2 aromatic rings. The van der Waals surface area contributed by atoms with Crippen molar-refractivity contribution in [1.29, 1.82) is 0 Å². The smallest absolute Gasteiger partial charge is 0.124 e. The van der Waals surface area contributed by atoms with E-state index >= 15 is 0 Å². The van der Waals surface area contributed by atoms with Gasteiger partial charge in [-0.25, -0.2) is 0 Å². The van der Waals surface area contributed by atoms with Crippen molar-refractivity contribution in [2.24, 2.45) is 15.7 Å². The maximum Gasteiger partial charge on any atom is 0.124 e. The van der Waals surface area contributed by atoms with E-state index in [-0.39, 0.29) is 11.5 Å². The molecule has 0 aliphatic rings. The molecule has 0 spiro atoms. The van der Waals surface area contributed by atoms with Gasteiger partial charge < -0.3 is 15.9 Å². The molecule has 0 aliphatic carbocycles. The predicted octanol–water partition coefficient (Wildman–Crippen LogP) is 2.68. The molecule has 2 aromatic carbocycles. The summed E-state index contributed by atoms with van der Waals surface area (Å²) in [5, 5.41) is 19.8. The second-order valence-electron chi connectivity index (χ2n) is 6.60. The van der Waals surface area contributed by atoms with Crippen LogP contribution in [0.25, 0.3) is 0 Å². The summed E-state index contributed by atoms with van der Waals surface area (Å²) in [6.07, 6.45) is 0. The summed E-state index contributed by atoms with van der Waals surface area (Å²) in [5.74, 6) is 0.494. The van der Waals surface area contributed by atoms with Crippen LogP contribution in [0.3, 0.4) is 0 Å². The van der Waals surface area contributed by atoms with Gasteiger partial charge in [0.05, 0.1) is 13.1 Å². The molecule has 0 aliphatic heterocycles. The summed E-state index contributed by atoms with van der Waals surface area (Å²) >= 11 is 0. The Labute approximate surface area is 167 Å². The average Bonchev–Trinajstić information content (AvgIpc) is 2.68. The van der Waals surface area contributed by atoms with E-state index in [1.165, 1.54) is 0 Å². The summed E-state index contributed by atoms with van der Waals surface area (Å²) < 4.78 is 0. The standard InChI is InChI=1S/C22H30N4O2/c1-17(19-7-3-5-9-21(19)27)24-12-15-26(14-11-23)16-13-25-18(2)20-8-4-6-10-22(20)28/h3-10,27-28H,11-16,23H2,1-2H3. The van der Waals surface area contributed by atoms with Crippen molar-refractivity contribution in [2.45, 2.75) is 13.8 Å². The van der Waals surface area contributed by atoms with Crippen LogP contribution in [0.2, 0.25) is 0 Å². The molecule has 0 radical (unpaired) electrons. The summed E-state index contributed by atoms with van der Waals surface area (Å²) in [6, 6.07) is 14.4. The first-order valence-corrected chi connectivity index (χ1v) is 9.54. The number of nitrogens with two attached hydrogens (primary N) is 1. The van der Waals surface area contributed by atoms with Gasteiger partial charge in [-0.2, -0.15) is 0 Å². The van der Waals surface area contributed by atoms with Crippen LogP contribution in [-0.2, 0) is 0 Å². The van der Waals surface area contributed by atoms with E-state index < -0.39 is 0 Å². The Morgan fingerprint density at radius 2 is 1.21 bits per heavy atom. The highest BCUT2D eigenvalue weighted by molar-refractivity contribution is 6.01. The fourth-order valence-corrected chi connectivity index (χ4v) is 2.97. The Morgan fingerprint density at radius 1 is 0.786 bits per heavy atom. The molecule has 0 atom stereocenters. The first-order chi connectivity index (χ1) is 13.5. The number of aliphatic imine (C=N–C) groups is 2. The van der Waals surface area contributed by atoms with Gasteiger partial charge in [0, 0.05) is 48.7 Å². The zero-order valence-electron chi connectivity index (χ0n) is 16.7. The minimum absolute atomic E-state index is 0.247. The van der Waals surface area contributed by atoms with Gasteiger partial charge in [0.1, 0.15) is 11.5 Å². The van der Waals surface area contributed by atoms with Crippen LogP contribution >= 0.6 is 0 Å². The third kappa shape index (κ3) is 6.48. The minimum Gasteiger partial charge on any atom is -0.507 e. The van der Waals surface area contributed by atoms with Gasteiger partial charge in [-0.3, -0.25) is 14.9 Å². The molecule has 0 unspecified atom stereocenters. The molecule has 0 bridgehead atoms. The summed E-state index contributed by atoms with van der Waals surface area (Å²) in [6.45, 7) is 7.95. The number of para-hydroxylation sites is 2. The molecule has 150 valence electrons. The maximum absolute atomic E-state index is 9.91. The lowest BCUT2D eigenvalue weighted by Gasteiger charge is -2.20. The molecule has 28 heavy (non-hydrogen) atoms. The molecule has 0 heterocycles. The highest BCUT2D eigenvalue weighted by Crippen LogP contribution is 2.17. The topological polar surface area (TPSA) is 94.4 Å². The number of hydrogen-bond acceptors (Lipinski definition) is 6. The Morgan fingerprint density at radius 3 is 1.61 bits per heavy atom. The normalized spacial score (nSPS) is 12.6. The molecule has 6 heteroatoms. The number of phenolic OH excluding ortho intramolecular Hbond substituents is 2. The fourth-order valence-electron chi connectivity index (χ4n) is 2.97. The van der Waals surface area contributed by atoms with Crippen molar-refractivity contribution in [3.63, 3.8) is 0 Å². The van der Waals surface area contributed by atoms with Gasteiger partial charge in [-0.05, 0) is 38.1 Å². The van der Waals surface area contributed by atoms with Crippen LogP contribution in [0, 0.1) is 0 Å². The van der Waals surface area contributed by atoms with E-state index in [0.29, 0.717) is 19.6 Å². The molecule has 0 saturated heterocycles. The number of aromatic hydroxyl groups is 2. The van der Waals surface area contributed by atoms with E-state index in [0.717, 1.165) is 42.2 Å². The number of nitrogens with zero attached hydrogens (tertiary/aromatic N) is 3. The van der Waals surface area contributed by atoms with Crippen molar-refractivity contribution >= 4 is 11.4 Å². The SMILES string of the molecule is CC(=NCCN(CCN)CCN=C(C)c1ccccc1O)c1ccccc1O. The first kappa shape index (κ1) is 21.6. The number of hydrogen-bond donors (Lipinski definition) is 3. The molecule has 2 rings (SSSR count). The Balaban J connectivity index is 1.89. The summed E-state index contributed by atoms with van der Waals surface area (Å²) in [4.78, 5) is 11.4. The summed E-state index contributed by atoms with van der Waals surface area (Å²) in [5.41, 5.74) is 8.89. The van der Waals surface area contributed by atoms with Crippen LogP contribution in [0.1, 0.15) is 25.0 Å². The number of rotatable bonds is 10. The van der Waals surface area contributed by atoms with Crippen molar-refractivity contribution < 1.29 is 10.2 Å². The highest BCUT2D eigenvalue weighted by atomic mass is 16.3. The number of phenols is 2. The average molecular weight is 383 g/mol. The van der Waals surface area contributed by atoms with Gasteiger partial charge in [0.2, 0.25) is 0 Å². The van der Waals surface area contributed by atoms with Crippen LogP contribution in [0.5, 0.6) is 11.5 Å². The van der Waals surface area contributed by atoms with Crippen molar-refractivity contribution in [1.82, 2.24) is 4.90 Å². The maximum atomic E-state index is 9.91. The van der Waals surface area contributed by atoms with Gasteiger partial charge in [-0.1, -0.05) is 24.3 Å². The Kier molecular flexibility index (Phi) is 8.65. The Bertz CT molecular complexity index is 752. The monoisotopic (exact) mass is 382 g/mol. The second kappa shape index (κ2) is 11.2. The number of benzene rings is 2. The molecular formula is C22H30N4O2.